The summed E-state index contributed by atoms with van der Waals surface area (Å²) in [7, 11) is 0. The van der Waals surface area contributed by atoms with Crippen LogP contribution in [0.1, 0.15) is 25.8 Å². The largest absolute Gasteiger partial charge is 0.409 e. The highest BCUT2D eigenvalue weighted by Gasteiger charge is 2.33. The monoisotopic (exact) mass is 295 g/mol. The molecule has 0 aliphatic carbocycles. The highest BCUT2D eigenvalue weighted by molar-refractivity contribution is 7.99. The van der Waals surface area contributed by atoms with Crippen LogP contribution in [0.4, 0.5) is 5.69 Å². The van der Waals surface area contributed by atoms with E-state index in [1.807, 2.05) is 25.1 Å². The van der Waals surface area contributed by atoms with E-state index in [1.165, 1.54) is 0 Å². The number of β-amino-alcohol motifs (C(OH)–C–C–N with tert-alkyl or cyclic N) is 1. The summed E-state index contributed by atoms with van der Waals surface area (Å²) in [5, 5.41) is 22.3. The molecule has 1 fully saturated rings. The van der Waals surface area contributed by atoms with Gasteiger partial charge in [-0.05, 0) is 31.2 Å². The predicted molar refractivity (Wildman–Crippen MR) is 82.8 cm³/mol. The number of nitrogens with two attached hydrogens (primary N) is 1. The molecule has 6 heteroatoms. The van der Waals surface area contributed by atoms with Gasteiger partial charge >= 0.3 is 0 Å². The summed E-state index contributed by atoms with van der Waals surface area (Å²) in [5.74, 6) is 1.02. The quantitative estimate of drug-likeness (QED) is 0.260. The molecule has 110 valence electrons. The molecular weight excluding hydrogens is 274 g/mol. The molecule has 2 rings (SSSR count). The number of thioether (sulfide) groups is 1. The van der Waals surface area contributed by atoms with E-state index in [0.717, 1.165) is 28.4 Å². The molecule has 20 heavy (non-hydrogen) atoms. The summed E-state index contributed by atoms with van der Waals surface area (Å²) >= 11 is 1.66. The van der Waals surface area contributed by atoms with E-state index in [-0.39, 0.29) is 5.84 Å². The van der Waals surface area contributed by atoms with Gasteiger partial charge < -0.3 is 20.9 Å². The van der Waals surface area contributed by atoms with E-state index >= 15 is 0 Å². The topological polar surface area (TPSA) is 82.1 Å². The van der Waals surface area contributed by atoms with Gasteiger partial charge in [0.05, 0.1) is 11.2 Å². The maximum Gasteiger partial charge on any atom is 0.173 e. The molecule has 5 nitrogen and oxygen atoms in total. The zero-order valence-corrected chi connectivity index (χ0v) is 12.7. The number of nitrogens with zero attached hydrogens (tertiary/aromatic N) is 2. The van der Waals surface area contributed by atoms with E-state index in [0.29, 0.717) is 13.0 Å². The van der Waals surface area contributed by atoms with Crippen LogP contribution in [-0.4, -0.2) is 40.6 Å². The van der Waals surface area contributed by atoms with Gasteiger partial charge in [-0.15, -0.1) is 11.8 Å². The van der Waals surface area contributed by atoms with Gasteiger partial charge in [-0.25, -0.2) is 0 Å². The highest BCUT2D eigenvalue weighted by atomic mass is 32.2. The van der Waals surface area contributed by atoms with Crippen molar-refractivity contribution in [3.05, 3.63) is 23.8 Å². The van der Waals surface area contributed by atoms with Crippen LogP contribution in [-0.2, 0) is 0 Å². The number of benzene rings is 1. The number of hydrogen-bond acceptors (Lipinski definition) is 5. The zero-order valence-electron chi connectivity index (χ0n) is 11.8. The fourth-order valence-corrected chi connectivity index (χ4v) is 3.36. The van der Waals surface area contributed by atoms with E-state index in [9.17, 15) is 5.11 Å². The maximum atomic E-state index is 10.1. The summed E-state index contributed by atoms with van der Waals surface area (Å²) in [6.07, 6.45) is 0.716. The molecule has 4 N–H and O–H groups in total. The molecule has 1 aromatic carbocycles. The lowest BCUT2D eigenvalue weighted by atomic mass is 10.1. The van der Waals surface area contributed by atoms with Crippen molar-refractivity contribution in [2.75, 3.05) is 23.7 Å². The third-order valence-corrected chi connectivity index (χ3v) is 4.40. The van der Waals surface area contributed by atoms with Crippen LogP contribution in [0.3, 0.4) is 0 Å². The van der Waals surface area contributed by atoms with E-state index in [4.69, 9.17) is 10.9 Å². The molecule has 0 saturated carbocycles. The average molecular weight is 295 g/mol. The molecule has 0 bridgehead atoms. The van der Waals surface area contributed by atoms with Crippen molar-refractivity contribution >= 4 is 23.3 Å². The van der Waals surface area contributed by atoms with Crippen LogP contribution in [0.5, 0.6) is 0 Å². The van der Waals surface area contributed by atoms with Gasteiger partial charge in [0.25, 0.3) is 0 Å². The van der Waals surface area contributed by atoms with E-state index in [2.05, 4.69) is 17.0 Å². The smallest absolute Gasteiger partial charge is 0.173 e. The second-order valence-corrected chi connectivity index (χ2v) is 6.54. The van der Waals surface area contributed by atoms with Crippen molar-refractivity contribution in [3.63, 3.8) is 0 Å². The van der Waals surface area contributed by atoms with Gasteiger partial charge in [0.2, 0.25) is 0 Å². The van der Waals surface area contributed by atoms with Crippen LogP contribution in [0.15, 0.2) is 28.3 Å². The van der Waals surface area contributed by atoms with E-state index < -0.39 is 5.60 Å². The van der Waals surface area contributed by atoms with Crippen molar-refractivity contribution in [3.8, 4) is 0 Å². The SMILES string of the molecule is CCSc1cccc(N2CCC(C)(O)C2)c1/C(N)=N/O. The van der Waals surface area contributed by atoms with Crippen molar-refractivity contribution in [2.24, 2.45) is 10.9 Å². The Morgan fingerprint density at radius 3 is 2.85 bits per heavy atom. The number of anilines is 1. The molecular formula is C14H21N3O2S. The van der Waals surface area contributed by atoms with Crippen molar-refractivity contribution < 1.29 is 10.3 Å². The normalized spacial score (nSPS) is 23.4. The Kier molecular flexibility index (Phi) is 4.45. The second kappa shape index (κ2) is 5.93. The minimum Gasteiger partial charge on any atom is -0.409 e. The van der Waals surface area contributed by atoms with Crippen LogP contribution in [0.25, 0.3) is 0 Å². The average Bonchev–Trinajstić information content (AvgIpc) is 2.78. The molecule has 1 heterocycles. The minimum absolute atomic E-state index is 0.114. The minimum atomic E-state index is -0.684. The summed E-state index contributed by atoms with van der Waals surface area (Å²) in [6, 6.07) is 5.89. The number of aliphatic hydroxyl groups is 1. The second-order valence-electron chi connectivity index (χ2n) is 5.24. The van der Waals surface area contributed by atoms with Gasteiger partial charge in [0, 0.05) is 23.7 Å². The third kappa shape index (κ3) is 3.02. The summed E-state index contributed by atoms with van der Waals surface area (Å²) in [5.41, 5.74) is 6.84. The van der Waals surface area contributed by atoms with Gasteiger partial charge in [0.1, 0.15) is 0 Å². The number of amidine groups is 1. The lowest BCUT2D eigenvalue weighted by Gasteiger charge is -2.24. The molecule has 0 amide bonds. The standard InChI is InChI=1S/C14H21N3O2S/c1-3-20-11-6-4-5-10(12(11)13(15)16-19)17-8-7-14(2,18)9-17/h4-6,18-19H,3,7-9H2,1-2H3,(H2,15,16). The zero-order chi connectivity index (χ0) is 14.8. The summed E-state index contributed by atoms with van der Waals surface area (Å²) < 4.78 is 0. The lowest BCUT2D eigenvalue weighted by molar-refractivity contribution is 0.0839. The number of rotatable bonds is 4. The molecule has 1 aliphatic rings. The van der Waals surface area contributed by atoms with Crippen molar-refractivity contribution in [2.45, 2.75) is 30.8 Å². The maximum absolute atomic E-state index is 10.1. The summed E-state index contributed by atoms with van der Waals surface area (Å²) in [4.78, 5) is 3.08. The van der Waals surface area contributed by atoms with Crippen molar-refractivity contribution in [1.29, 1.82) is 0 Å². The first-order valence-electron chi connectivity index (χ1n) is 6.69. The summed E-state index contributed by atoms with van der Waals surface area (Å²) in [6.45, 7) is 5.22. The number of hydrogen-bond donors (Lipinski definition) is 3. The fraction of sp³-hybridized carbons (Fsp3) is 0.500. The molecule has 1 atom stereocenters. The van der Waals surface area contributed by atoms with Gasteiger partial charge in [-0.1, -0.05) is 18.1 Å². The first kappa shape index (κ1) is 15.0. The molecule has 1 aromatic rings. The van der Waals surface area contributed by atoms with E-state index in [1.54, 1.807) is 11.8 Å². The van der Waals surface area contributed by atoms with Gasteiger partial charge in [-0.2, -0.15) is 0 Å². The van der Waals surface area contributed by atoms with Crippen LogP contribution >= 0.6 is 11.8 Å². The molecule has 1 saturated heterocycles. The van der Waals surface area contributed by atoms with Crippen molar-refractivity contribution in [1.82, 2.24) is 0 Å². The third-order valence-electron chi connectivity index (χ3n) is 3.46. The molecule has 1 aliphatic heterocycles. The molecule has 0 radical (unpaired) electrons. The van der Waals surface area contributed by atoms with Gasteiger partial charge in [0.15, 0.2) is 5.84 Å². The molecule has 1 unspecified atom stereocenters. The Hall–Kier alpha value is -1.40. The van der Waals surface area contributed by atoms with Gasteiger partial charge in [-0.3, -0.25) is 0 Å². The Labute approximate surface area is 123 Å². The first-order valence-corrected chi connectivity index (χ1v) is 7.68. The van der Waals surface area contributed by atoms with Crippen LogP contribution < -0.4 is 10.6 Å². The predicted octanol–water partition coefficient (Wildman–Crippen LogP) is 1.85. The number of oxime groups is 1. The Bertz CT molecular complexity index is 517. The van der Waals surface area contributed by atoms with Crippen LogP contribution in [0.2, 0.25) is 0 Å². The first-order chi connectivity index (χ1) is 9.48. The molecule has 0 spiro atoms. The Balaban J connectivity index is 2.45. The Morgan fingerprint density at radius 1 is 1.55 bits per heavy atom. The highest BCUT2D eigenvalue weighted by Crippen LogP contribution is 2.34. The Morgan fingerprint density at radius 2 is 2.30 bits per heavy atom. The van der Waals surface area contributed by atoms with Crippen LogP contribution in [0, 0.1) is 0 Å². The lowest BCUT2D eigenvalue weighted by Crippen LogP contribution is -2.31. The fourth-order valence-electron chi connectivity index (χ4n) is 2.52. The molecule has 0 aromatic heterocycles.